The standard InChI is InChI=1S/C14H12N2O5/c17-11-5-2-6-15-13(11)14(20)16-9-3-1-4-10(7-9)21-8-12(18)19/h1-7,17H,8H2,(H,16,20)(H,18,19). The van der Waals surface area contributed by atoms with Crippen molar-refractivity contribution in [1.29, 1.82) is 0 Å². The molecule has 1 heterocycles. The van der Waals surface area contributed by atoms with Crippen LogP contribution in [0.5, 0.6) is 11.5 Å². The lowest BCUT2D eigenvalue weighted by Gasteiger charge is -2.08. The molecule has 1 aromatic carbocycles. The summed E-state index contributed by atoms with van der Waals surface area (Å²) in [4.78, 5) is 26.2. The van der Waals surface area contributed by atoms with Gasteiger partial charge in [-0.2, -0.15) is 0 Å². The summed E-state index contributed by atoms with van der Waals surface area (Å²) >= 11 is 0. The van der Waals surface area contributed by atoms with E-state index in [1.165, 1.54) is 24.4 Å². The van der Waals surface area contributed by atoms with Gasteiger partial charge in [0.05, 0.1) is 0 Å². The minimum absolute atomic E-state index is 0.102. The van der Waals surface area contributed by atoms with E-state index >= 15 is 0 Å². The first-order valence-electron chi connectivity index (χ1n) is 5.96. The van der Waals surface area contributed by atoms with Crippen molar-refractivity contribution in [3.05, 3.63) is 48.3 Å². The number of nitrogens with one attached hydrogen (secondary N) is 1. The average Bonchev–Trinajstić information content (AvgIpc) is 2.46. The Morgan fingerprint density at radius 1 is 1.24 bits per heavy atom. The van der Waals surface area contributed by atoms with Gasteiger partial charge in [0.1, 0.15) is 11.5 Å². The Balaban J connectivity index is 2.09. The van der Waals surface area contributed by atoms with Crippen molar-refractivity contribution in [2.75, 3.05) is 11.9 Å². The predicted octanol–water partition coefficient (Wildman–Crippen LogP) is 1.50. The fourth-order valence-corrected chi connectivity index (χ4v) is 1.57. The topological polar surface area (TPSA) is 109 Å². The van der Waals surface area contributed by atoms with E-state index in [4.69, 9.17) is 9.84 Å². The van der Waals surface area contributed by atoms with Gasteiger partial charge in [-0.1, -0.05) is 6.07 Å². The van der Waals surface area contributed by atoms with Crippen molar-refractivity contribution in [2.45, 2.75) is 0 Å². The number of anilines is 1. The van der Waals surface area contributed by atoms with Crippen molar-refractivity contribution >= 4 is 17.6 Å². The minimum atomic E-state index is -1.09. The molecular weight excluding hydrogens is 276 g/mol. The van der Waals surface area contributed by atoms with Gasteiger partial charge in [-0.05, 0) is 24.3 Å². The van der Waals surface area contributed by atoms with Crippen LogP contribution in [0.15, 0.2) is 42.6 Å². The molecule has 0 aliphatic rings. The molecule has 1 aromatic heterocycles. The predicted molar refractivity (Wildman–Crippen MR) is 73.4 cm³/mol. The maximum atomic E-state index is 11.9. The average molecular weight is 288 g/mol. The van der Waals surface area contributed by atoms with E-state index in [9.17, 15) is 14.7 Å². The number of aromatic nitrogens is 1. The first-order chi connectivity index (χ1) is 10.1. The maximum absolute atomic E-state index is 11.9. The summed E-state index contributed by atoms with van der Waals surface area (Å²) in [6, 6.07) is 9.11. The SMILES string of the molecule is O=C(O)COc1cccc(NC(=O)c2ncccc2O)c1. The summed E-state index contributed by atoms with van der Waals surface area (Å²) in [5.41, 5.74) is 0.294. The van der Waals surface area contributed by atoms with E-state index in [1.807, 2.05) is 0 Å². The Bertz CT molecular complexity index is 672. The highest BCUT2D eigenvalue weighted by atomic mass is 16.5. The Morgan fingerprint density at radius 2 is 2.05 bits per heavy atom. The summed E-state index contributed by atoms with van der Waals surface area (Å²) in [5, 5.41) is 20.6. The third-order valence-corrected chi connectivity index (χ3v) is 2.46. The molecule has 0 aliphatic heterocycles. The number of amides is 1. The number of rotatable bonds is 5. The molecule has 21 heavy (non-hydrogen) atoms. The third-order valence-electron chi connectivity index (χ3n) is 2.46. The summed E-state index contributed by atoms with van der Waals surface area (Å²) in [7, 11) is 0. The molecule has 1 amide bonds. The maximum Gasteiger partial charge on any atom is 0.341 e. The highest BCUT2D eigenvalue weighted by Crippen LogP contribution is 2.19. The number of hydrogen-bond acceptors (Lipinski definition) is 5. The molecule has 2 aromatic rings. The van der Waals surface area contributed by atoms with Gasteiger partial charge in [0.2, 0.25) is 0 Å². The highest BCUT2D eigenvalue weighted by Gasteiger charge is 2.12. The number of carbonyl (C=O) groups excluding carboxylic acids is 1. The fraction of sp³-hybridized carbons (Fsp3) is 0.0714. The lowest BCUT2D eigenvalue weighted by atomic mass is 10.2. The molecule has 0 aliphatic carbocycles. The molecular formula is C14H12N2O5. The Kier molecular flexibility index (Phi) is 4.35. The van der Waals surface area contributed by atoms with Crippen LogP contribution < -0.4 is 10.1 Å². The van der Waals surface area contributed by atoms with Gasteiger partial charge >= 0.3 is 5.97 Å². The number of carbonyl (C=O) groups is 2. The molecule has 108 valence electrons. The lowest BCUT2D eigenvalue weighted by Crippen LogP contribution is -2.14. The van der Waals surface area contributed by atoms with Gasteiger partial charge in [0.25, 0.3) is 5.91 Å². The Labute approximate surface area is 119 Å². The molecule has 3 N–H and O–H groups in total. The van der Waals surface area contributed by atoms with Gasteiger partial charge in [-0.3, -0.25) is 4.79 Å². The van der Waals surface area contributed by atoms with Crippen LogP contribution in [-0.2, 0) is 4.79 Å². The second kappa shape index (κ2) is 6.38. The number of carboxylic acid groups (broad SMARTS) is 1. The molecule has 0 radical (unpaired) electrons. The number of carboxylic acids is 1. The number of ether oxygens (including phenoxy) is 1. The van der Waals surface area contributed by atoms with Crippen LogP contribution in [0.2, 0.25) is 0 Å². The zero-order chi connectivity index (χ0) is 15.2. The van der Waals surface area contributed by atoms with Crippen molar-refractivity contribution in [2.24, 2.45) is 0 Å². The van der Waals surface area contributed by atoms with Gasteiger partial charge in [-0.25, -0.2) is 9.78 Å². The van der Waals surface area contributed by atoms with E-state index in [0.29, 0.717) is 11.4 Å². The van der Waals surface area contributed by atoms with Crippen molar-refractivity contribution in [1.82, 2.24) is 4.98 Å². The smallest absolute Gasteiger partial charge is 0.341 e. The molecule has 0 spiro atoms. The summed E-state index contributed by atoms with van der Waals surface area (Å²) in [6.07, 6.45) is 1.39. The monoisotopic (exact) mass is 288 g/mol. The number of benzene rings is 1. The fourth-order valence-electron chi connectivity index (χ4n) is 1.57. The third kappa shape index (κ3) is 3.93. The van der Waals surface area contributed by atoms with Gasteiger partial charge in [0, 0.05) is 18.0 Å². The van der Waals surface area contributed by atoms with Crippen molar-refractivity contribution in [3.63, 3.8) is 0 Å². The van der Waals surface area contributed by atoms with E-state index in [0.717, 1.165) is 0 Å². The van der Waals surface area contributed by atoms with Crippen LogP contribution in [0.4, 0.5) is 5.69 Å². The Morgan fingerprint density at radius 3 is 2.76 bits per heavy atom. The normalized spacial score (nSPS) is 9.90. The molecule has 7 heteroatoms. The van der Waals surface area contributed by atoms with Crippen LogP contribution >= 0.6 is 0 Å². The number of hydrogen-bond donors (Lipinski definition) is 3. The largest absolute Gasteiger partial charge is 0.505 e. The number of aromatic hydroxyl groups is 1. The second-order valence-electron chi connectivity index (χ2n) is 4.04. The first kappa shape index (κ1) is 14.3. The van der Waals surface area contributed by atoms with Crippen molar-refractivity contribution < 1.29 is 24.5 Å². The van der Waals surface area contributed by atoms with Gasteiger partial charge in [0.15, 0.2) is 12.3 Å². The molecule has 0 atom stereocenters. The van der Waals surface area contributed by atoms with Crippen LogP contribution in [-0.4, -0.2) is 33.7 Å². The molecule has 0 bridgehead atoms. The van der Waals surface area contributed by atoms with E-state index in [-0.39, 0.29) is 11.4 Å². The Hall–Kier alpha value is -3.09. The lowest BCUT2D eigenvalue weighted by molar-refractivity contribution is -0.139. The number of pyridine rings is 1. The van der Waals surface area contributed by atoms with E-state index in [2.05, 4.69) is 10.3 Å². The minimum Gasteiger partial charge on any atom is -0.505 e. The zero-order valence-electron chi connectivity index (χ0n) is 10.8. The molecule has 0 saturated carbocycles. The number of nitrogens with zero attached hydrogens (tertiary/aromatic N) is 1. The summed E-state index contributed by atoms with van der Waals surface area (Å²) in [6.45, 7) is -0.474. The molecule has 0 saturated heterocycles. The number of aliphatic carboxylic acids is 1. The molecule has 0 unspecified atom stereocenters. The molecule has 7 nitrogen and oxygen atoms in total. The van der Waals surface area contributed by atoms with Crippen LogP contribution in [0.25, 0.3) is 0 Å². The second-order valence-corrected chi connectivity index (χ2v) is 4.04. The molecule has 2 rings (SSSR count). The van der Waals surface area contributed by atoms with Crippen molar-refractivity contribution in [3.8, 4) is 11.5 Å². The highest BCUT2D eigenvalue weighted by molar-refractivity contribution is 6.04. The first-order valence-corrected chi connectivity index (χ1v) is 5.96. The zero-order valence-corrected chi connectivity index (χ0v) is 10.8. The van der Waals surface area contributed by atoms with E-state index < -0.39 is 18.5 Å². The van der Waals surface area contributed by atoms with E-state index in [1.54, 1.807) is 18.2 Å². The molecule has 0 fully saturated rings. The summed E-state index contributed by atoms with van der Waals surface area (Å²) < 4.78 is 5.00. The van der Waals surface area contributed by atoms with Gasteiger partial charge < -0.3 is 20.3 Å². The van der Waals surface area contributed by atoms with Crippen LogP contribution in [0.3, 0.4) is 0 Å². The van der Waals surface area contributed by atoms with Gasteiger partial charge in [-0.15, -0.1) is 0 Å². The summed E-state index contributed by atoms with van der Waals surface area (Å²) in [5.74, 6) is -1.60. The quantitative estimate of drug-likeness (QED) is 0.769. The van der Waals surface area contributed by atoms with Crippen LogP contribution in [0, 0.1) is 0 Å². The van der Waals surface area contributed by atoms with Crippen LogP contribution in [0.1, 0.15) is 10.5 Å².